The Labute approximate surface area is 108 Å². The van der Waals surface area contributed by atoms with E-state index in [1.54, 1.807) is 7.11 Å². The first kappa shape index (κ1) is 15.3. The molecule has 0 heterocycles. The fourth-order valence-corrected chi connectivity index (χ4v) is 1.30. The Morgan fingerprint density at radius 1 is 1.32 bits per heavy atom. The van der Waals surface area contributed by atoms with E-state index in [4.69, 9.17) is 10.6 Å². The van der Waals surface area contributed by atoms with Crippen molar-refractivity contribution in [2.75, 3.05) is 25.6 Å². The van der Waals surface area contributed by atoms with Gasteiger partial charge in [-0.2, -0.15) is 0 Å². The molecule has 19 heavy (non-hydrogen) atoms. The van der Waals surface area contributed by atoms with Crippen LogP contribution in [0, 0.1) is 17.5 Å². The number of rotatable bonds is 5. The predicted molar refractivity (Wildman–Crippen MR) is 66.1 cm³/mol. The lowest BCUT2D eigenvalue weighted by molar-refractivity contribution is 0.197. The summed E-state index contributed by atoms with van der Waals surface area (Å²) in [6.07, 6.45) is 0.623. The number of anilines is 1. The lowest BCUT2D eigenvalue weighted by atomic mass is 10.3. The van der Waals surface area contributed by atoms with E-state index in [9.17, 15) is 13.2 Å². The molecule has 0 amide bonds. The van der Waals surface area contributed by atoms with Crippen molar-refractivity contribution in [3.8, 4) is 0 Å². The zero-order valence-electron chi connectivity index (χ0n) is 10.3. The van der Waals surface area contributed by atoms with Crippen LogP contribution in [0.4, 0.5) is 18.9 Å². The van der Waals surface area contributed by atoms with Crippen molar-refractivity contribution < 1.29 is 17.9 Å². The van der Waals surface area contributed by atoms with Gasteiger partial charge in [-0.25, -0.2) is 19.0 Å². The Morgan fingerprint density at radius 3 is 2.47 bits per heavy atom. The molecule has 106 valence electrons. The largest absolute Gasteiger partial charge is 0.385 e. The van der Waals surface area contributed by atoms with Gasteiger partial charge in [0, 0.05) is 32.4 Å². The van der Waals surface area contributed by atoms with Crippen molar-refractivity contribution in [1.29, 1.82) is 0 Å². The molecule has 0 saturated heterocycles. The van der Waals surface area contributed by atoms with E-state index in [0.717, 1.165) is 0 Å². The maximum Gasteiger partial charge on any atom is 0.210 e. The van der Waals surface area contributed by atoms with Crippen LogP contribution in [0.1, 0.15) is 6.42 Å². The van der Waals surface area contributed by atoms with E-state index >= 15 is 0 Å². The molecule has 0 radical (unpaired) electrons. The van der Waals surface area contributed by atoms with Gasteiger partial charge in [0.1, 0.15) is 11.5 Å². The van der Waals surface area contributed by atoms with Gasteiger partial charge in [-0.05, 0) is 6.42 Å². The molecule has 0 aliphatic carbocycles. The number of nitrogens with two attached hydrogens (primary N) is 1. The van der Waals surface area contributed by atoms with Crippen molar-refractivity contribution >= 4 is 11.6 Å². The molecule has 0 fully saturated rings. The summed E-state index contributed by atoms with van der Waals surface area (Å²) in [6, 6.07) is 1.12. The second-order valence-corrected chi connectivity index (χ2v) is 3.59. The number of nitrogens with one attached hydrogen (secondary N) is 2. The molecule has 0 aliphatic rings. The monoisotopic (exact) mass is 276 g/mol. The van der Waals surface area contributed by atoms with Gasteiger partial charge in [0.25, 0.3) is 0 Å². The van der Waals surface area contributed by atoms with E-state index in [2.05, 4.69) is 15.7 Å². The van der Waals surface area contributed by atoms with Crippen LogP contribution in [0.25, 0.3) is 0 Å². The van der Waals surface area contributed by atoms with Gasteiger partial charge >= 0.3 is 0 Å². The smallest absolute Gasteiger partial charge is 0.210 e. The zero-order chi connectivity index (χ0) is 14.3. The number of guanidine groups is 1. The second kappa shape index (κ2) is 7.59. The van der Waals surface area contributed by atoms with Gasteiger partial charge < -0.3 is 10.1 Å². The lowest BCUT2D eigenvalue weighted by Gasteiger charge is -2.11. The molecule has 1 aromatic rings. The molecule has 0 aromatic heterocycles. The Bertz CT molecular complexity index is 431. The molecule has 0 unspecified atom stereocenters. The van der Waals surface area contributed by atoms with Crippen LogP contribution in [0.15, 0.2) is 17.1 Å². The summed E-state index contributed by atoms with van der Waals surface area (Å²) >= 11 is 0. The molecule has 0 atom stereocenters. The molecule has 4 N–H and O–H groups in total. The number of halogens is 3. The number of hydrazine groups is 1. The average molecular weight is 276 g/mol. The van der Waals surface area contributed by atoms with Gasteiger partial charge in [-0.1, -0.05) is 0 Å². The summed E-state index contributed by atoms with van der Waals surface area (Å²) in [6.45, 7) is 0.853. The maximum atomic E-state index is 13.4. The molecule has 0 saturated carbocycles. The maximum absolute atomic E-state index is 13.4. The van der Waals surface area contributed by atoms with Crippen LogP contribution in [-0.2, 0) is 4.74 Å². The summed E-state index contributed by atoms with van der Waals surface area (Å²) in [5.74, 6) is 2.00. The van der Waals surface area contributed by atoms with E-state index in [-0.39, 0.29) is 5.96 Å². The summed E-state index contributed by atoms with van der Waals surface area (Å²) in [5.41, 5.74) is 1.64. The molecule has 1 aromatic carbocycles. The minimum Gasteiger partial charge on any atom is -0.385 e. The number of hydrogen-bond acceptors (Lipinski definition) is 3. The quantitative estimate of drug-likeness (QED) is 0.250. The highest BCUT2D eigenvalue weighted by molar-refractivity contribution is 5.93. The highest BCUT2D eigenvalue weighted by atomic mass is 19.1. The number of benzene rings is 1. The number of methoxy groups -OCH3 is 1. The normalized spacial score (nSPS) is 11.5. The fourth-order valence-electron chi connectivity index (χ4n) is 1.30. The highest BCUT2D eigenvalue weighted by Gasteiger charge is 2.12. The third-order valence-corrected chi connectivity index (χ3v) is 2.16. The Hall–Kier alpha value is -1.80. The summed E-state index contributed by atoms with van der Waals surface area (Å²) in [5, 5.41) is 2.33. The predicted octanol–water partition coefficient (Wildman–Crippen LogP) is 1.37. The van der Waals surface area contributed by atoms with E-state index < -0.39 is 23.1 Å². The summed E-state index contributed by atoms with van der Waals surface area (Å²) in [4.78, 5) is 3.94. The van der Waals surface area contributed by atoms with Crippen LogP contribution in [0.5, 0.6) is 0 Å². The topological polar surface area (TPSA) is 71.7 Å². The van der Waals surface area contributed by atoms with Gasteiger partial charge in [0.15, 0.2) is 11.6 Å². The van der Waals surface area contributed by atoms with Crippen molar-refractivity contribution in [1.82, 2.24) is 5.43 Å². The first-order chi connectivity index (χ1) is 9.08. The summed E-state index contributed by atoms with van der Waals surface area (Å²) in [7, 11) is 1.55. The van der Waals surface area contributed by atoms with Gasteiger partial charge in [0.2, 0.25) is 5.96 Å². The van der Waals surface area contributed by atoms with Crippen LogP contribution in [0.2, 0.25) is 0 Å². The van der Waals surface area contributed by atoms with Gasteiger partial charge in [-0.3, -0.25) is 10.4 Å². The van der Waals surface area contributed by atoms with E-state index in [1.807, 2.05) is 0 Å². The Morgan fingerprint density at radius 2 is 1.95 bits per heavy atom. The first-order valence-corrected chi connectivity index (χ1v) is 5.50. The third kappa shape index (κ3) is 4.76. The Kier molecular flexibility index (Phi) is 6.10. The molecule has 5 nitrogen and oxygen atoms in total. The van der Waals surface area contributed by atoms with Crippen molar-refractivity contribution in [2.45, 2.75) is 6.42 Å². The third-order valence-electron chi connectivity index (χ3n) is 2.16. The molecular weight excluding hydrogens is 261 g/mol. The minimum absolute atomic E-state index is 0.0273. The standard InChI is InChI=1S/C11H15F3N4O/c1-19-4-2-3-16-11(18-15)17-10-8(13)5-7(12)6-9(10)14/h5-6H,2-4,15H2,1H3,(H2,16,17,18). The van der Waals surface area contributed by atoms with Crippen LogP contribution >= 0.6 is 0 Å². The number of ether oxygens (including phenoxy) is 1. The SMILES string of the molecule is COCCCN=C(NN)Nc1c(F)cc(F)cc1F. The molecule has 0 bridgehead atoms. The fraction of sp³-hybridized carbons (Fsp3) is 0.364. The van der Waals surface area contributed by atoms with E-state index in [0.29, 0.717) is 31.7 Å². The van der Waals surface area contributed by atoms with Crippen molar-refractivity contribution in [2.24, 2.45) is 10.8 Å². The van der Waals surface area contributed by atoms with Crippen molar-refractivity contribution in [3.63, 3.8) is 0 Å². The van der Waals surface area contributed by atoms with Crippen LogP contribution in [-0.4, -0.2) is 26.2 Å². The van der Waals surface area contributed by atoms with E-state index in [1.165, 1.54) is 0 Å². The average Bonchev–Trinajstić information content (AvgIpc) is 2.36. The molecule has 0 aliphatic heterocycles. The molecular formula is C11H15F3N4O. The molecule has 8 heteroatoms. The van der Waals surface area contributed by atoms with Crippen molar-refractivity contribution in [3.05, 3.63) is 29.6 Å². The number of nitrogens with zero attached hydrogens (tertiary/aromatic N) is 1. The number of aliphatic imine (C=N–C) groups is 1. The van der Waals surface area contributed by atoms with Gasteiger partial charge in [0.05, 0.1) is 0 Å². The molecule has 0 spiro atoms. The second-order valence-electron chi connectivity index (χ2n) is 3.59. The lowest BCUT2D eigenvalue weighted by Crippen LogP contribution is -2.37. The first-order valence-electron chi connectivity index (χ1n) is 5.50. The highest BCUT2D eigenvalue weighted by Crippen LogP contribution is 2.19. The molecule has 1 rings (SSSR count). The van der Waals surface area contributed by atoms with Crippen LogP contribution < -0.4 is 16.6 Å². The van der Waals surface area contributed by atoms with Gasteiger partial charge in [-0.15, -0.1) is 0 Å². The van der Waals surface area contributed by atoms with Crippen LogP contribution in [0.3, 0.4) is 0 Å². The number of hydrogen-bond donors (Lipinski definition) is 3. The summed E-state index contributed by atoms with van der Waals surface area (Å²) < 4.78 is 44.3. The minimum atomic E-state index is -1.07. The zero-order valence-corrected chi connectivity index (χ0v) is 10.3. The Balaban J connectivity index is 2.75.